The minimum atomic E-state index is 0.584. The Balaban J connectivity index is 1.72. The zero-order valence-electron chi connectivity index (χ0n) is 10.6. The van der Waals surface area contributed by atoms with Crippen LogP contribution in [0, 0.1) is 11.3 Å². The van der Waals surface area contributed by atoms with Crippen molar-refractivity contribution in [3.63, 3.8) is 0 Å². The van der Waals surface area contributed by atoms with Crippen LogP contribution in [0.15, 0.2) is 23.4 Å². The molecule has 1 N–H and O–H groups in total. The van der Waals surface area contributed by atoms with Crippen molar-refractivity contribution < 1.29 is 4.74 Å². The Labute approximate surface area is 126 Å². The summed E-state index contributed by atoms with van der Waals surface area (Å²) in [5, 5.41) is 10.4. The molecule has 1 aromatic carbocycles. The fourth-order valence-electron chi connectivity index (χ4n) is 2.11. The van der Waals surface area contributed by atoms with Crippen LogP contribution in [0.3, 0.4) is 0 Å². The molecule has 0 saturated heterocycles. The molecule has 0 spiro atoms. The number of imidazole rings is 1. The second-order valence-electron chi connectivity index (χ2n) is 4.52. The molecule has 102 valence electrons. The highest BCUT2D eigenvalue weighted by molar-refractivity contribution is 7.98. The van der Waals surface area contributed by atoms with E-state index in [1.165, 1.54) is 0 Å². The number of aromatic amines is 1. The summed E-state index contributed by atoms with van der Waals surface area (Å²) in [6.07, 6.45) is 0.863. The van der Waals surface area contributed by atoms with Crippen molar-refractivity contribution in [1.82, 2.24) is 9.97 Å². The molecule has 20 heavy (non-hydrogen) atoms. The topological polar surface area (TPSA) is 61.7 Å². The number of benzene rings is 1. The van der Waals surface area contributed by atoms with Gasteiger partial charge in [-0.2, -0.15) is 5.26 Å². The fraction of sp³-hybridized carbons (Fsp3) is 0.286. The first-order valence-electron chi connectivity index (χ1n) is 6.22. The molecule has 0 fully saturated rings. The number of nitrogens with zero attached hydrogens (tertiary/aromatic N) is 2. The predicted molar refractivity (Wildman–Crippen MR) is 77.7 cm³/mol. The molecule has 0 unspecified atom stereocenters. The molecule has 0 saturated carbocycles. The van der Waals surface area contributed by atoms with Crippen LogP contribution in [0.25, 0.3) is 0 Å². The van der Waals surface area contributed by atoms with Crippen molar-refractivity contribution in [3.05, 3.63) is 45.7 Å². The van der Waals surface area contributed by atoms with Crippen LogP contribution in [0.1, 0.15) is 22.5 Å². The lowest BCUT2D eigenvalue weighted by Gasteiger charge is -2.08. The van der Waals surface area contributed by atoms with Gasteiger partial charge < -0.3 is 9.72 Å². The number of halogens is 1. The number of fused-ring (bicyclic) bond motifs is 1. The first-order chi connectivity index (χ1) is 9.74. The summed E-state index contributed by atoms with van der Waals surface area (Å²) >= 11 is 7.60. The van der Waals surface area contributed by atoms with Gasteiger partial charge in [0, 0.05) is 17.2 Å². The van der Waals surface area contributed by atoms with Crippen LogP contribution in [0.2, 0.25) is 5.02 Å². The molecule has 1 aliphatic rings. The number of ether oxygens (including phenoxy) is 1. The van der Waals surface area contributed by atoms with E-state index in [2.05, 4.69) is 16.0 Å². The van der Waals surface area contributed by atoms with Gasteiger partial charge in [-0.05, 0) is 23.8 Å². The zero-order chi connectivity index (χ0) is 13.9. The van der Waals surface area contributed by atoms with E-state index >= 15 is 0 Å². The van der Waals surface area contributed by atoms with Crippen molar-refractivity contribution in [2.45, 2.75) is 23.9 Å². The van der Waals surface area contributed by atoms with E-state index in [-0.39, 0.29) is 0 Å². The Bertz CT molecular complexity index is 654. The maximum absolute atomic E-state index is 8.93. The zero-order valence-corrected chi connectivity index (χ0v) is 12.2. The average molecular weight is 306 g/mol. The number of nitrogens with one attached hydrogen (secondary N) is 1. The van der Waals surface area contributed by atoms with Gasteiger partial charge in [-0.1, -0.05) is 23.4 Å². The van der Waals surface area contributed by atoms with Gasteiger partial charge >= 0.3 is 0 Å². The number of hydrogen-bond acceptors (Lipinski definition) is 4. The molecule has 4 nitrogen and oxygen atoms in total. The summed E-state index contributed by atoms with van der Waals surface area (Å²) in [6, 6.07) is 7.51. The average Bonchev–Trinajstić information content (AvgIpc) is 2.87. The number of nitriles is 1. The standard InChI is InChI=1S/C14H12ClN3OS/c15-11-4-9(6-16)3-10(5-11)8-20-14-17-12-1-2-19-7-13(12)18-14/h3-5H,1-2,7-8H2,(H,17,18). The van der Waals surface area contributed by atoms with Crippen LogP contribution in [-0.4, -0.2) is 16.6 Å². The Morgan fingerprint density at radius 1 is 1.45 bits per heavy atom. The summed E-state index contributed by atoms with van der Waals surface area (Å²) in [4.78, 5) is 7.84. The Morgan fingerprint density at radius 2 is 2.35 bits per heavy atom. The maximum Gasteiger partial charge on any atom is 0.166 e. The monoisotopic (exact) mass is 305 g/mol. The van der Waals surface area contributed by atoms with Crippen LogP contribution in [0.5, 0.6) is 0 Å². The lowest BCUT2D eigenvalue weighted by molar-refractivity contribution is 0.107. The van der Waals surface area contributed by atoms with Gasteiger partial charge in [0.15, 0.2) is 5.16 Å². The first kappa shape index (κ1) is 13.5. The second-order valence-corrected chi connectivity index (χ2v) is 5.92. The smallest absolute Gasteiger partial charge is 0.166 e. The lowest BCUT2D eigenvalue weighted by atomic mass is 10.1. The number of aromatic nitrogens is 2. The minimum absolute atomic E-state index is 0.584. The quantitative estimate of drug-likeness (QED) is 0.884. The van der Waals surface area contributed by atoms with Crippen LogP contribution < -0.4 is 0 Å². The molecule has 6 heteroatoms. The third-order valence-electron chi connectivity index (χ3n) is 3.03. The van der Waals surface area contributed by atoms with Gasteiger partial charge in [-0.25, -0.2) is 4.98 Å². The van der Waals surface area contributed by atoms with E-state index in [1.54, 1.807) is 17.8 Å². The van der Waals surface area contributed by atoms with E-state index in [9.17, 15) is 0 Å². The maximum atomic E-state index is 8.93. The highest BCUT2D eigenvalue weighted by Gasteiger charge is 2.14. The number of thioether (sulfide) groups is 1. The van der Waals surface area contributed by atoms with Crippen LogP contribution in [0.4, 0.5) is 0 Å². The van der Waals surface area contributed by atoms with Crippen molar-refractivity contribution in [3.8, 4) is 6.07 Å². The minimum Gasteiger partial charge on any atom is -0.375 e. The largest absolute Gasteiger partial charge is 0.375 e. The predicted octanol–water partition coefficient (Wildman–Crippen LogP) is 3.30. The summed E-state index contributed by atoms with van der Waals surface area (Å²) in [5.74, 6) is 0.725. The second kappa shape index (κ2) is 5.88. The Morgan fingerprint density at radius 3 is 3.15 bits per heavy atom. The van der Waals surface area contributed by atoms with Crippen molar-refractivity contribution in [1.29, 1.82) is 5.26 Å². The van der Waals surface area contributed by atoms with Gasteiger partial charge in [0.25, 0.3) is 0 Å². The van der Waals surface area contributed by atoms with E-state index in [4.69, 9.17) is 21.6 Å². The molecule has 0 atom stereocenters. The van der Waals surface area contributed by atoms with Gasteiger partial charge in [0.05, 0.1) is 36.2 Å². The van der Waals surface area contributed by atoms with Crippen molar-refractivity contribution in [2.75, 3.05) is 6.61 Å². The molecule has 0 bridgehead atoms. The fourth-order valence-corrected chi connectivity index (χ4v) is 3.20. The molecule has 1 aromatic heterocycles. The summed E-state index contributed by atoms with van der Waals surface area (Å²) < 4.78 is 5.38. The molecule has 0 radical (unpaired) electrons. The molecule has 2 heterocycles. The number of rotatable bonds is 3. The summed E-state index contributed by atoms with van der Waals surface area (Å²) in [5.41, 5.74) is 3.77. The normalized spacial score (nSPS) is 13.8. The third kappa shape index (κ3) is 2.98. The highest BCUT2D eigenvalue weighted by atomic mass is 35.5. The Hall–Kier alpha value is -1.48. The molecular formula is C14H12ClN3OS. The summed E-state index contributed by atoms with van der Waals surface area (Å²) in [7, 11) is 0. The van der Waals surface area contributed by atoms with Gasteiger partial charge in [-0.3, -0.25) is 0 Å². The first-order valence-corrected chi connectivity index (χ1v) is 7.59. The molecule has 3 rings (SSSR count). The molecular weight excluding hydrogens is 294 g/mol. The molecule has 0 aliphatic carbocycles. The number of hydrogen-bond donors (Lipinski definition) is 1. The van der Waals surface area contributed by atoms with E-state index in [0.717, 1.165) is 40.9 Å². The van der Waals surface area contributed by atoms with Crippen LogP contribution in [-0.2, 0) is 23.5 Å². The lowest BCUT2D eigenvalue weighted by Crippen LogP contribution is -2.08. The Kier molecular flexibility index (Phi) is 3.97. The van der Waals surface area contributed by atoms with Gasteiger partial charge in [0.1, 0.15) is 0 Å². The van der Waals surface area contributed by atoms with Crippen LogP contribution >= 0.6 is 23.4 Å². The summed E-state index contributed by atoms with van der Waals surface area (Å²) in [6.45, 7) is 1.35. The van der Waals surface area contributed by atoms with Gasteiger partial charge in [-0.15, -0.1) is 0 Å². The van der Waals surface area contributed by atoms with Crippen molar-refractivity contribution in [2.24, 2.45) is 0 Å². The molecule has 0 amide bonds. The van der Waals surface area contributed by atoms with E-state index in [1.807, 2.05) is 12.1 Å². The van der Waals surface area contributed by atoms with Gasteiger partial charge in [0.2, 0.25) is 0 Å². The highest BCUT2D eigenvalue weighted by Crippen LogP contribution is 2.25. The third-order valence-corrected chi connectivity index (χ3v) is 4.20. The van der Waals surface area contributed by atoms with Crippen molar-refractivity contribution >= 4 is 23.4 Å². The molecule has 2 aromatic rings. The van der Waals surface area contributed by atoms with E-state index < -0.39 is 0 Å². The SMILES string of the molecule is N#Cc1cc(Cl)cc(CSc2nc3c([nH]2)COCC3)c1. The number of H-pyrrole nitrogens is 1. The molecule has 1 aliphatic heterocycles. The van der Waals surface area contributed by atoms with E-state index in [0.29, 0.717) is 17.2 Å².